The van der Waals surface area contributed by atoms with Gasteiger partial charge in [-0.25, -0.2) is 0 Å². The van der Waals surface area contributed by atoms with Crippen LogP contribution in [0.4, 0.5) is 0 Å². The maximum absolute atomic E-state index is 6.07. The Morgan fingerprint density at radius 3 is 2.53 bits per heavy atom. The first-order chi connectivity index (χ1) is 9.11. The number of aryl methyl sites for hydroxylation is 2. The van der Waals surface area contributed by atoms with Crippen LogP contribution in [0.15, 0.2) is 30.6 Å². The standard InChI is InChI=1S/C15H15BrClNO/c1-10-5-12(7-16)6-11(2)15(10)19-9-13-3-4-18-8-14(13)17/h3-6,8H,7,9H2,1-2H3. The number of ether oxygens (including phenoxy) is 1. The first kappa shape index (κ1) is 14.4. The molecule has 2 nitrogen and oxygen atoms in total. The maximum Gasteiger partial charge on any atom is 0.125 e. The van der Waals surface area contributed by atoms with Crippen molar-refractivity contribution in [3.05, 3.63) is 57.9 Å². The van der Waals surface area contributed by atoms with Crippen LogP contribution in [-0.2, 0) is 11.9 Å². The predicted molar refractivity (Wildman–Crippen MR) is 82.1 cm³/mol. The molecule has 100 valence electrons. The fourth-order valence-electron chi connectivity index (χ4n) is 2.02. The minimum Gasteiger partial charge on any atom is -0.488 e. The molecular formula is C15H15BrClNO. The lowest BCUT2D eigenvalue weighted by Crippen LogP contribution is -2.00. The summed E-state index contributed by atoms with van der Waals surface area (Å²) in [5.41, 5.74) is 4.48. The average molecular weight is 341 g/mol. The second kappa shape index (κ2) is 6.40. The number of hydrogen-bond acceptors (Lipinski definition) is 2. The molecule has 0 spiro atoms. The van der Waals surface area contributed by atoms with E-state index in [0.717, 1.165) is 27.8 Å². The van der Waals surface area contributed by atoms with Crippen LogP contribution in [-0.4, -0.2) is 4.98 Å². The number of rotatable bonds is 4. The summed E-state index contributed by atoms with van der Waals surface area (Å²) in [4.78, 5) is 3.96. The molecule has 1 aromatic carbocycles. The van der Waals surface area contributed by atoms with Crippen LogP contribution in [0.1, 0.15) is 22.3 Å². The average Bonchev–Trinajstić information content (AvgIpc) is 2.39. The Morgan fingerprint density at radius 1 is 1.26 bits per heavy atom. The molecular weight excluding hydrogens is 326 g/mol. The Balaban J connectivity index is 2.18. The van der Waals surface area contributed by atoms with E-state index < -0.39 is 0 Å². The van der Waals surface area contributed by atoms with E-state index in [4.69, 9.17) is 16.3 Å². The molecule has 0 amide bonds. The Hall–Kier alpha value is -1.06. The van der Waals surface area contributed by atoms with Gasteiger partial charge in [-0.3, -0.25) is 4.98 Å². The van der Waals surface area contributed by atoms with Gasteiger partial charge in [0.1, 0.15) is 12.4 Å². The van der Waals surface area contributed by atoms with E-state index in [9.17, 15) is 0 Å². The SMILES string of the molecule is Cc1cc(CBr)cc(C)c1OCc1ccncc1Cl. The van der Waals surface area contributed by atoms with E-state index in [0.29, 0.717) is 11.6 Å². The van der Waals surface area contributed by atoms with Crippen molar-refractivity contribution in [1.82, 2.24) is 4.98 Å². The number of alkyl halides is 1. The molecule has 0 N–H and O–H groups in total. The summed E-state index contributed by atoms with van der Waals surface area (Å²) in [6.45, 7) is 4.57. The monoisotopic (exact) mass is 339 g/mol. The highest BCUT2D eigenvalue weighted by atomic mass is 79.9. The summed E-state index contributed by atoms with van der Waals surface area (Å²) in [5, 5.41) is 1.49. The Bertz CT molecular complexity index is 563. The third-order valence-corrected chi connectivity index (χ3v) is 3.89. The normalized spacial score (nSPS) is 10.5. The van der Waals surface area contributed by atoms with Gasteiger partial charge in [0.15, 0.2) is 0 Å². The summed E-state index contributed by atoms with van der Waals surface area (Å²) in [5.74, 6) is 0.928. The zero-order chi connectivity index (χ0) is 13.8. The first-order valence-corrected chi connectivity index (χ1v) is 7.49. The minimum absolute atomic E-state index is 0.455. The van der Waals surface area contributed by atoms with Gasteiger partial charge in [0.05, 0.1) is 5.02 Å². The molecule has 0 bridgehead atoms. The smallest absolute Gasteiger partial charge is 0.125 e. The van der Waals surface area contributed by atoms with Crippen LogP contribution in [0.25, 0.3) is 0 Å². The topological polar surface area (TPSA) is 22.1 Å². The van der Waals surface area contributed by atoms with Gasteiger partial charge in [0, 0.05) is 23.3 Å². The fraction of sp³-hybridized carbons (Fsp3) is 0.267. The van der Waals surface area contributed by atoms with E-state index >= 15 is 0 Å². The van der Waals surface area contributed by atoms with Gasteiger partial charge in [-0.15, -0.1) is 0 Å². The molecule has 0 aliphatic heterocycles. The predicted octanol–water partition coefficient (Wildman–Crippen LogP) is 4.83. The highest BCUT2D eigenvalue weighted by Crippen LogP contribution is 2.27. The zero-order valence-electron chi connectivity index (χ0n) is 10.9. The van der Waals surface area contributed by atoms with Crippen LogP contribution in [0.3, 0.4) is 0 Å². The highest BCUT2D eigenvalue weighted by Gasteiger charge is 2.08. The van der Waals surface area contributed by atoms with Crippen molar-refractivity contribution in [3.8, 4) is 5.75 Å². The fourth-order valence-corrected chi connectivity index (χ4v) is 2.51. The Labute approximate surface area is 126 Å². The quantitative estimate of drug-likeness (QED) is 0.744. The lowest BCUT2D eigenvalue weighted by molar-refractivity contribution is 0.302. The maximum atomic E-state index is 6.07. The summed E-state index contributed by atoms with van der Waals surface area (Å²) >= 11 is 9.54. The van der Waals surface area contributed by atoms with E-state index in [1.54, 1.807) is 12.4 Å². The Morgan fingerprint density at radius 2 is 1.95 bits per heavy atom. The molecule has 0 atom stereocenters. The molecule has 0 aliphatic rings. The molecule has 0 fully saturated rings. The molecule has 0 aliphatic carbocycles. The number of hydrogen-bond donors (Lipinski definition) is 0. The highest BCUT2D eigenvalue weighted by molar-refractivity contribution is 9.08. The minimum atomic E-state index is 0.455. The summed E-state index contributed by atoms with van der Waals surface area (Å²) < 4.78 is 5.91. The molecule has 0 saturated heterocycles. The zero-order valence-corrected chi connectivity index (χ0v) is 13.3. The number of benzene rings is 1. The van der Waals surface area contributed by atoms with Gasteiger partial charge in [-0.05, 0) is 36.6 Å². The van der Waals surface area contributed by atoms with Crippen molar-refractivity contribution in [2.24, 2.45) is 0 Å². The molecule has 4 heteroatoms. The van der Waals surface area contributed by atoms with Crippen molar-refractivity contribution in [2.45, 2.75) is 25.8 Å². The lowest BCUT2D eigenvalue weighted by atomic mass is 10.1. The third kappa shape index (κ3) is 3.48. The largest absolute Gasteiger partial charge is 0.488 e. The van der Waals surface area contributed by atoms with Crippen molar-refractivity contribution >= 4 is 27.5 Å². The van der Waals surface area contributed by atoms with Crippen LogP contribution < -0.4 is 4.74 Å². The van der Waals surface area contributed by atoms with Gasteiger partial charge >= 0.3 is 0 Å². The van der Waals surface area contributed by atoms with Crippen molar-refractivity contribution in [3.63, 3.8) is 0 Å². The van der Waals surface area contributed by atoms with Gasteiger partial charge in [0.2, 0.25) is 0 Å². The van der Waals surface area contributed by atoms with Crippen molar-refractivity contribution in [1.29, 1.82) is 0 Å². The molecule has 1 aromatic heterocycles. The van der Waals surface area contributed by atoms with Gasteiger partial charge < -0.3 is 4.74 Å². The number of pyridine rings is 1. The van der Waals surface area contributed by atoms with Crippen molar-refractivity contribution < 1.29 is 4.74 Å². The van der Waals surface area contributed by atoms with Gasteiger partial charge in [-0.1, -0.05) is 39.7 Å². The summed E-state index contributed by atoms with van der Waals surface area (Å²) in [6, 6.07) is 6.14. The second-order valence-electron chi connectivity index (χ2n) is 4.45. The molecule has 0 radical (unpaired) electrons. The lowest BCUT2D eigenvalue weighted by Gasteiger charge is -2.14. The van der Waals surface area contributed by atoms with E-state index in [1.165, 1.54) is 5.56 Å². The summed E-state index contributed by atoms with van der Waals surface area (Å²) in [6.07, 6.45) is 3.35. The van der Waals surface area contributed by atoms with E-state index in [1.807, 2.05) is 6.07 Å². The number of halogens is 2. The van der Waals surface area contributed by atoms with Crippen LogP contribution >= 0.6 is 27.5 Å². The van der Waals surface area contributed by atoms with Crippen LogP contribution in [0, 0.1) is 13.8 Å². The number of nitrogens with zero attached hydrogens (tertiary/aromatic N) is 1. The van der Waals surface area contributed by atoms with E-state index in [2.05, 4.69) is 46.9 Å². The van der Waals surface area contributed by atoms with Crippen molar-refractivity contribution in [2.75, 3.05) is 0 Å². The van der Waals surface area contributed by atoms with Gasteiger partial charge in [0.25, 0.3) is 0 Å². The molecule has 2 rings (SSSR count). The van der Waals surface area contributed by atoms with Crippen LogP contribution in [0.5, 0.6) is 5.75 Å². The Kier molecular flexibility index (Phi) is 4.83. The molecule has 19 heavy (non-hydrogen) atoms. The molecule has 0 unspecified atom stereocenters. The third-order valence-electron chi connectivity index (χ3n) is 2.90. The van der Waals surface area contributed by atoms with Gasteiger partial charge in [-0.2, -0.15) is 0 Å². The summed E-state index contributed by atoms with van der Waals surface area (Å²) in [7, 11) is 0. The number of aromatic nitrogens is 1. The molecule has 2 aromatic rings. The first-order valence-electron chi connectivity index (χ1n) is 5.99. The molecule has 1 heterocycles. The van der Waals surface area contributed by atoms with Crippen LogP contribution in [0.2, 0.25) is 5.02 Å². The van der Waals surface area contributed by atoms with E-state index in [-0.39, 0.29) is 0 Å². The molecule has 0 saturated carbocycles. The second-order valence-corrected chi connectivity index (χ2v) is 5.42.